The average Bonchev–Trinajstić information content (AvgIpc) is 2.21. The van der Waals surface area contributed by atoms with E-state index in [4.69, 9.17) is 5.73 Å². The van der Waals surface area contributed by atoms with Gasteiger partial charge in [0, 0.05) is 0 Å². The highest BCUT2D eigenvalue weighted by molar-refractivity contribution is 5.27. The largest absolute Gasteiger partial charge is 0.330 e. The van der Waals surface area contributed by atoms with Crippen LogP contribution >= 0.6 is 0 Å². The molecule has 1 aromatic carbocycles. The highest BCUT2D eigenvalue weighted by atomic mass is 19.1. The zero-order valence-electron chi connectivity index (χ0n) is 10.5. The molecule has 1 nitrogen and oxygen atoms in total. The van der Waals surface area contributed by atoms with Crippen molar-refractivity contribution in [3.05, 3.63) is 35.1 Å². The number of aryl methyl sites for hydroxylation is 1. The summed E-state index contributed by atoms with van der Waals surface area (Å²) in [5, 5.41) is 0. The lowest BCUT2D eigenvalue weighted by molar-refractivity contribution is 0.414. The van der Waals surface area contributed by atoms with Crippen LogP contribution in [0.2, 0.25) is 0 Å². The van der Waals surface area contributed by atoms with Gasteiger partial charge in [0.2, 0.25) is 0 Å². The third-order valence-corrected chi connectivity index (χ3v) is 2.96. The first kappa shape index (κ1) is 13.2. The molecule has 0 saturated carbocycles. The zero-order chi connectivity index (χ0) is 12.1. The summed E-state index contributed by atoms with van der Waals surface area (Å²) in [5.41, 5.74) is 8.01. The Balaban J connectivity index is 2.73. The summed E-state index contributed by atoms with van der Waals surface area (Å²) in [7, 11) is 0. The van der Waals surface area contributed by atoms with E-state index in [9.17, 15) is 4.39 Å². The molecular weight excluding hydrogens is 201 g/mol. The van der Waals surface area contributed by atoms with Gasteiger partial charge in [0.25, 0.3) is 0 Å². The van der Waals surface area contributed by atoms with Gasteiger partial charge in [0.1, 0.15) is 5.82 Å². The molecule has 0 saturated heterocycles. The second-order valence-electron chi connectivity index (χ2n) is 5.01. The normalized spacial score (nSPS) is 13.1. The molecule has 1 atom stereocenters. The fourth-order valence-electron chi connectivity index (χ4n) is 2.10. The van der Waals surface area contributed by atoms with Crippen molar-refractivity contribution in [1.82, 2.24) is 0 Å². The number of hydrogen-bond acceptors (Lipinski definition) is 1. The lowest BCUT2D eigenvalue weighted by atomic mass is 9.89. The van der Waals surface area contributed by atoms with Crippen molar-refractivity contribution < 1.29 is 4.39 Å². The van der Waals surface area contributed by atoms with Gasteiger partial charge in [-0.15, -0.1) is 0 Å². The van der Waals surface area contributed by atoms with E-state index in [1.165, 1.54) is 6.07 Å². The second kappa shape index (κ2) is 6.00. The molecule has 0 aliphatic heterocycles. The Morgan fingerprint density at radius 3 is 2.56 bits per heavy atom. The van der Waals surface area contributed by atoms with E-state index in [-0.39, 0.29) is 5.82 Å². The Bertz CT molecular complexity index is 334. The maximum Gasteiger partial charge on any atom is 0.123 e. The summed E-state index contributed by atoms with van der Waals surface area (Å²) >= 11 is 0. The first-order valence-corrected chi connectivity index (χ1v) is 5.98. The van der Waals surface area contributed by atoms with Crippen LogP contribution in [0.3, 0.4) is 0 Å². The van der Waals surface area contributed by atoms with Gasteiger partial charge < -0.3 is 5.73 Å². The van der Waals surface area contributed by atoms with E-state index in [1.54, 1.807) is 6.07 Å². The Hall–Kier alpha value is -0.890. The van der Waals surface area contributed by atoms with Crippen molar-refractivity contribution >= 4 is 0 Å². The molecule has 0 amide bonds. The van der Waals surface area contributed by atoms with E-state index in [0.717, 1.165) is 24.0 Å². The van der Waals surface area contributed by atoms with E-state index >= 15 is 0 Å². The van der Waals surface area contributed by atoms with E-state index in [1.807, 2.05) is 13.0 Å². The number of benzene rings is 1. The van der Waals surface area contributed by atoms with Crippen LogP contribution in [0.5, 0.6) is 0 Å². The molecule has 0 heterocycles. The van der Waals surface area contributed by atoms with Crippen molar-refractivity contribution in [3.63, 3.8) is 0 Å². The molecule has 0 spiro atoms. The molecule has 2 heteroatoms. The third kappa shape index (κ3) is 3.93. The number of nitrogens with two attached hydrogens (primary N) is 1. The van der Waals surface area contributed by atoms with Gasteiger partial charge in [0.15, 0.2) is 0 Å². The van der Waals surface area contributed by atoms with Crippen molar-refractivity contribution in [3.8, 4) is 0 Å². The smallest absolute Gasteiger partial charge is 0.123 e. The topological polar surface area (TPSA) is 26.0 Å². The monoisotopic (exact) mass is 223 g/mol. The summed E-state index contributed by atoms with van der Waals surface area (Å²) in [6, 6.07) is 4.99. The molecule has 0 bridgehead atoms. The van der Waals surface area contributed by atoms with Crippen LogP contribution in [0.1, 0.15) is 31.4 Å². The van der Waals surface area contributed by atoms with Gasteiger partial charge in [-0.3, -0.25) is 0 Å². The SMILES string of the molecule is Cc1ccc(F)cc1CC(CN)CC(C)C. The highest BCUT2D eigenvalue weighted by Crippen LogP contribution is 2.19. The first-order valence-electron chi connectivity index (χ1n) is 5.98. The summed E-state index contributed by atoms with van der Waals surface area (Å²) < 4.78 is 13.1. The van der Waals surface area contributed by atoms with Gasteiger partial charge in [-0.25, -0.2) is 4.39 Å². The van der Waals surface area contributed by atoms with Crippen LogP contribution in [-0.2, 0) is 6.42 Å². The highest BCUT2D eigenvalue weighted by Gasteiger charge is 2.11. The molecule has 1 aromatic rings. The van der Waals surface area contributed by atoms with E-state index in [2.05, 4.69) is 13.8 Å². The predicted molar refractivity (Wildman–Crippen MR) is 66.8 cm³/mol. The number of hydrogen-bond donors (Lipinski definition) is 1. The molecule has 2 N–H and O–H groups in total. The molecule has 1 rings (SSSR count). The van der Waals surface area contributed by atoms with Crippen molar-refractivity contribution in [2.45, 2.75) is 33.6 Å². The summed E-state index contributed by atoms with van der Waals surface area (Å²) in [5.74, 6) is 0.948. The fraction of sp³-hybridized carbons (Fsp3) is 0.571. The number of halogens is 1. The molecular formula is C14H22FN. The molecule has 0 radical (unpaired) electrons. The summed E-state index contributed by atoms with van der Waals surface area (Å²) in [6.45, 7) is 7.09. The molecule has 1 unspecified atom stereocenters. The van der Waals surface area contributed by atoms with Crippen molar-refractivity contribution in [2.24, 2.45) is 17.6 Å². The molecule has 90 valence electrons. The minimum atomic E-state index is -0.152. The third-order valence-electron chi connectivity index (χ3n) is 2.96. The van der Waals surface area contributed by atoms with E-state index in [0.29, 0.717) is 18.4 Å². The van der Waals surface area contributed by atoms with Crippen LogP contribution in [0.25, 0.3) is 0 Å². The van der Waals surface area contributed by atoms with Crippen LogP contribution < -0.4 is 5.73 Å². The number of rotatable bonds is 5. The Morgan fingerprint density at radius 1 is 1.31 bits per heavy atom. The van der Waals surface area contributed by atoms with E-state index < -0.39 is 0 Å². The van der Waals surface area contributed by atoms with Gasteiger partial charge in [-0.2, -0.15) is 0 Å². The first-order chi connectivity index (χ1) is 7.52. The van der Waals surface area contributed by atoms with Crippen molar-refractivity contribution in [2.75, 3.05) is 6.54 Å². The lowest BCUT2D eigenvalue weighted by Gasteiger charge is -2.18. The summed E-state index contributed by atoms with van der Waals surface area (Å²) in [4.78, 5) is 0. The Morgan fingerprint density at radius 2 is 2.00 bits per heavy atom. The average molecular weight is 223 g/mol. The minimum Gasteiger partial charge on any atom is -0.330 e. The molecule has 0 aromatic heterocycles. The lowest BCUT2D eigenvalue weighted by Crippen LogP contribution is -2.19. The quantitative estimate of drug-likeness (QED) is 0.814. The van der Waals surface area contributed by atoms with Gasteiger partial charge in [-0.1, -0.05) is 19.9 Å². The standard InChI is InChI=1S/C14H22FN/c1-10(2)6-12(9-16)7-13-8-14(15)5-4-11(13)3/h4-5,8,10,12H,6-7,9,16H2,1-3H3. The Kier molecular flexibility index (Phi) is 4.94. The van der Waals surface area contributed by atoms with Gasteiger partial charge in [-0.05, 0) is 61.4 Å². The molecule has 0 aliphatic rings. The second-order valence-corrected chi connectivity index (χ2v) is 5.01. The van der Waals surface area contributed by atoms with Crippen molar-refractivity contribution in [1.29, 1.82) is 0 Å². The molecule has 16 heavy (non-hydrogen) atoms. The maximum absolute atomic E-state index is 13.1. The summed E-state index contributed by atoms with van der Waals surface area (Å²) in [6.07, 6.45) is 1.99. The Labute approximate surface area is 97.9 Å². The minimum absolute atomic E-state index is 0.152. The van der Waals surface area contributed by atoms with Gasteiger partial charge in [0.05, 0.1) is 0 Å². The maximum atomic E-state index is 13.1. The van der Waals surface area contributed by atoms with Crippen LogP contribution in [-0.4, -0.2) is 6.54 Å². The van der Waals surface area contributed by atoms with Gasteiger partial charge >= 0.3 is 0 Å². The predicted octanol–water partition coefficient (Wildman–Crippen LogP) is 3.30. The van der Waals surface area contributed by atoms with Crippen LogP contribution in [0, 0.1) is 24.6 Å². The zero-order valence-corrected chi connectivity index (χ0v) is 10.5. The molecule has 0 fully saturated rings. The van der Waals surface area contributed by atoms with Crippen LogP contribution in [0.15, 0.2) is 18.2 Å². The molecule has 0 aliphatic carbocycles. The fourth-order valence-corrected chi connectivity index (χ4v) is 2.10. The van der Waals surface area contributed by atoms with Crippen LogP contribution in [0.4, 0.5) is 4.39 Å².